The highest BCUT2D eigenvalue weighted by Crippen LogP contribution is 2.15. The molecule has 0 aliphatic rings. The van der Waals surface area contributed by atoms with Gasteiger partial charge in [0.05, 0.1) is 6.42 Å². The summed E-state index contributed by atoms with van der Waals surface area (Å²) >= 11 is 0. The van der Waals surface area contributed by atoms with E-state index in [2.05, 4.69) is 17.6 Å². The third kappa shape index (κ3) is 4.99. The average Bonchev–Trinajstić information content (AvgIpc) is 2.30. The van der Waals surface area contributed by atoms with E-state index in [0.717, 1.165) is 6.42 Å². The van der Waals surface area contributed by atoms with Crippen molar-refractivity contribution in [3.05, 3.63) is 29.3 Å². The molecule has 0 saturated heterocycles. The molecule has 1 aromatic rings. The molecule has 5 nitrogen and oxygen atoms in total. The number of hydrogen-bond acceptors (Lipinski definition) is 2. The monoisotopic (exact) mass is 264 g/mol. The minimum absolute atomic E-state index is 0.0957. The highest BCUT2D eigenvalue weighted by atomic mass is 16.4. The second kappa shape index (κ2) is 6.78. The van der Waals surface area contributed by atoms with Gasteiger partial charge in [-0.3, -0.25) is 4.79 Å². The Bertz CT molecular complexity index is 472. The molecule has 0 fully saturated rings. The maximum Gasteiger partial charge on any atom is 0.319 e. The summed E-state index contributed by atoms with van der Waals surface area (Å²) in [5.41, 5.74) is 3.08. The van der Waals surface area contributed by atoms with Crippen LogP contribution in [-0.4, -0.2) is 23.1 Å². The van der Waals surface area contributed by atoms with Gasteiger partial charge in [0.1, 0.15) is 0 Å². The van der Waals surface area contributed by atoms with Crippen molar-refractivity contribution >= 4 is 17.7 Å². The summed E-state index contributed by atoms with van der Waals surface area (Å²) in [7, 11) is 0. The SMILES string of the molecule is CCc1cc(NC(=O)NC(C)CC(=O)O)ccc1C. The fourth-order valence-corrected chi connectivity index (χ4v) is 1.83. The fourth-order valence-electron chi connectivity index (χ4n) is 1.83. The van der Waals surface area contributed by atoms with Crippen LogP contribution in [0.2, 0.25) is 0 Å². The Balaban J connectivity index is 2.59. The van der Waals surface area contributed by atoms with Crippen LogP contribution < -0.4 is 10.6 Å². The summed E-state index contributed by atoms with van der Waals surface area (Å²) < 4.78 is 0. The predicted octanol–water partition coefficient (Wildman–Crippen LogP) is 2.54. The molecule has 104 valence electrons. The maximum atomic E-state index is 11.7. The molecule has 2 amide bonds. The van der Waals surface area contributed by atoms with Gasteiger partial charge >= 0.3 is 12.0 Å². The number of anilines is 1. The highest BCUT2D eigenvalue weighted by molar-refractivity contribution is 5.89. The Labute approximate surface area is 113 Å². The molecule has 1 atom stereocenters. The normalized spacial score (nSPS) is 11.7. The lowest BCUT2D eigenvalue weighted by Crippen LogP contribution is -2.37. The summed E-state index contributed by atoms with van der Waals surface area (Å²) in [6, 6.07) is 4.91. The molecule has 5 heteroatoms. The first-order chi connectivity index (χ1) is 8.92. The van der Waals surface area contributed by atoms with E-state index in [4.69, 9.17) is 5.11 Å². The summed E-state index contributed by atoms with van der Waals surface area (Å²) in [6.07, 6.45) is 0.805. The Morgan fingerprint density at radius 3 is 2.63 bits per heavy atom. The highest BCUT2D eigenvalue weighted by Gasteiger charge is 2.11. The van der Waals surface area contributed by atoms with Crippen LogP contribution in [0.5, 0.6) is 0 Å². The Morgan fingerprint density at radius 1 is 1.37 bits per heavy atom. The van der Waals surface area contributed by atoms with Gasteiger partial charge in [0.15, 0.2) is 0 Å². The van der Waals surface area contributed by atoms with Gasteiger partial charge in [-0.1, -0.05) is 13.0 Å². The van der Waals surface area contributed by atoms with E-state index in [0.29, 0.717) is 5.69 Å². The number of hydrogen-bond donors (Lipinski definition) is 3. The molecule has 0 heterocycles. The minimum Gasteiger partial charge on any atom is -0.481 e. The fraction of sp³-hybridized carbons (Fsp3) is 0.429. The summed E-state index contributed by atoms with van der Waals surface area (Å²) in [6.45, 7) is 5.74. The topological polar surface area (TPSA) is 78.4 Å². The summed E-state index contributed by atoms with van der Waals surface area (Å²) in [5.74, 6) is -0.934. The molecule has 0 saturated carbocycles. The number of benzene rings is 1. The molecule has 3 N–H and O–H groups in total. The first-order valence-electron chi connectivity index (χ1n) is 6.31. The van der Waals surface area contributed by atoms with Crippen molar-refractivity contribution in [3.8, 4) is 0 Å². The lowest BCUT2D eigenvalue weighted by Gasteiger charge is -2.13. The average molecular weight is 264 g/mol. The van der Waals surface area contributed by atoms with Gasteiger partial charge in [0, 0.05) is 11.7 Å². The van der Waals surface area contributed by atoms with Crippen molar-refractivity contribution in [2.75, 3.05) is 5.32 Å². The molecular formula is C14H20N2O3. The van der Waals surface area contributed by atoms with E-state index in [1.165, 1.54) is 11.1 Å². The molecule has 1 rings (SSSR count). The molecule has 0 aliphatic heterocycles. The van der Waals surface area contributed by atoms with E-state index in [1.807, 2.05) is 25.1 Å². The van der Waals surface area contributed by atoms with E-state index in [-0.39, 0.29) is 12.5 Å². The van der Waals surface area contributed by atoms with Gasteiger partial charge in [-0.2, -0.15) is 0 Å². The zero-order chi connectivity index (χ0) is 14.4. The van der Waals surface area contributed by atoms with Crippen LogP contribution >= 0.6 is 0 Å². The molecular weight excluding hydrogens is 244 g/mol. The van der Waals surface area contributed by atoms with E-state index in [9.17, 15) is 9.59 Å². The Morgan fingerprint density at radius 2 is 2.05 bits per heavy atom. The molecule has 0 spiro atoms. The van der Waals surface area contributed by atoms with Gasteiger partial charge in [-0.15, -0.1) is 0 Å². The summed E-state index contributed by atoms with van der Waals surface area (Å²) in [4.78, 5) is 22.2. The molecule has 0 radical (unpaired) electrons. The van der Waals surface area contributed by atoms with Crippen molar-refractivity contribution in [2.45, 2.75) is 39.7 Å². The lowest BCUT2D eigenvalue weighted by molar-refractivity contribution is -0.137. The lowest BCUT2D eigenvalue weighted by atomic mass is 10.1. The quantitative estimate of drug-likeness (QED) is 0.764. The van der Waals surface area contributed by atoms with Crippen LogP contribution in [0.15, 0.2) is 18.2 Å². The molecule has 0 aliphatic carbocycles. The van der Waals surface area contributed by atoms with Gasteiger partial charge in [0.25, 0.3) is 0 Å². The summed E-state index contributed by atoms with van der Waals surface area (Å²) in [5, 5.41) is 13.9. The second-order valence-electron chi connectivity index (χ2n) is 4.59. The van der Waals surface area contributed by atoms with Crippen molar-refractivity contribution < 1.29 is 14.7 Å². The first-order valence-corrected chi connectivity index (χ1v) is 6.31. The number of carbonyl (C=O) groups is 2. The third-order valence-electron chi connectivity index (χ3n) is 2.85. The molecule has 0 aromatic heterocycles. The van der Waals surface area contributed by atoms with E-state index in [1.54, 1.807) is 6.92 Å². The number of nitrogens with one attached hydrogen (secondary N) is 2. The molecule has 1 aromatic carbocycles. The predicted molar refractivity (Wildman–Crippen MR) is 74.4 cm³/mol. The van der Waals surface area contributed by atoms with Crippen molar-refractivity contribution in [1.29, 1.82) is 0 Å². The number of aliphatic carboxylic acids is 1. The largest absolute Gasteiger partial charge is 0.481 e. The van der Waals surface area contributed by atoms with Crippen LogP contribution in [0.1, 0.15) is 31.4 Å². The van der Waals surface area contributed by atoms with Crippen LogP contribution in [0, 0.1) is 6.92 Å². The Hall–Kier alpha value is -2.04. The number of carboxylic acids is 1. The smallest absolute Gasteiger partial charge is 0.319 e. The Kier molecular flexibility index (Phi) is 5.36. The molecule has 19 heavy (non-hydrogen) atoms. The van der Waals surface area contributed by atoms with Gasteiger partial charge < -0.3 is 15.7 Å². The van der Waals surface area contributed by atoms with Crippen LogP contribution in [0.4, 0.5) is 10.5 Å². The van der Waals surface area contributed by atoms with Crippen molar-refractivity contribution in [1.82, 2.24) is 5.32 Å². The number of amides is 2. The number of carboxylic acid groups (broad SMARTS) is 1. The molecule has 0 bridgehead atoms. The maximum absolute atomic E-state index is 11.7. The van der Waals surface area contributed by atoms with Crippen molar-refractivity contribution in [3.63, 3.8) is 0 Å². The van der Waals surface area contributed by atoms with E-state index >= 15 is 0 Å². The van der Waals surface area contributed by atoms with Gasteiger partial charge in [-0.05, 0) is 43.5 Å². The number of aryl methyl sites for hydroxylation is 2. The third-order valence-corrected chi connectivity index (χ3v) is 2.85. The van der Waals surface area contributed by atoms with Gasteiger partial charge in [-0.25, -0.2) is 4.79 Å². The van der Waals surface area contributed by atoms with Crippen molar-refractivity contribution in [2.24, 2.45) is 0 Å². The number of urea groups is 1. The molecule has 1 unspecified atom stereocenters. The van der Waals surface area contributed by atoms with E-state index < -0.39 is 12.0 Å². The van der Waals surface area contributed by atoms with Crippen LogP contribution in [-0.2, 0) is 11.2 Å². The van der Waals surface area contributed by atoms with Gasteiger partial charge in [0.2, 0.25) is 0 Å². The minimum atomic E-state index is -0.934. The zero-order valence-electron chi connectivity index (χ0n) is 11.5. The zero-order valence-corrected chi connectivity index (χ0v) is 11.5. The number of carbonyl (C=O) groups excluding carboxylic acids is 1. The number of rotatable bonds is 5. The first kappa shape index (κ1) is 15.0. The van der Waals surface area contributed by atoms with Crippen LogP contribution in [0.25, 0.3) is 0 Å². The van der Waals surface area contributed by atoms with Crippen LogP contribution in [0.3, 0.4) is 0 Å². The second-order valence-corrected chi connectivity index (χ2v) is 4.59. The standard InChI is InChI=1S/C14H20N2O3/c1-4-11-8-12(6-5-9(11)2)16-14(19)15-10(3)7-13(17)18/h5-6,8,10H,4,7H2,1-3H3,(H,17,18)(H2,15,16,19).